The second-order valence-electron chi connectivity index (χ2n) is 6.68. The minimum Gasteiger partial charge on any atom is -0.300 e. The standard InChI is InChI=1S/C15H31N/c1-6-11-16-12-7-8-14(16)10-9-13(2)15(3,4)5/h13-14H,6-12H2,1-5H3. The van der Waals surface area contributed by atoms with Crippen molar-refractivity contribution in [3.05, 3.63) is 0 Å². The molecule has 1 aliphatic heterocycles. The summed E-state index contributed by atoms with van der Waals surface area (Å²) in [5.41, 5.74) is 0.480. The minimum atomic E-state index is 0.480. The minimum absolute atomic E-state index is 0.480. The molecule has 0 aromatic rings. The predicted molar refractivity (Wildman–Crippen MR) is 72.7 cm³/mol. The maximum Gasteiger partial charge on any atom is 0.00958 e. The van der Waals surface area contributed by atoms with Gasteiger partial charge in [0.15, 0.2) is 0 Å². The molecule has 0 spiro atoms. The molecule has 2 atom stereocenters. The van der Waals surface area contributed by atoms with Crippen molar-refractivity contribution in [1.29, 1.82) is 0 Å². The van der Waals surface area contributed by atoms with Gasteiger partial charge >= 0.3 is 0 Å². The van der Waals surface area contributed by atoms with Crippen LogP contribution in [0.3, 0.4) is 0 Å². The van der Waals surface area contributed by atoms with Crippen molar-refractivity contribution in [2.24, 2.45) is 11.3 Å². The van der Waals surface area contributed by atoms with Crippen LogP contribution in [0.2, 0.25) is 0 Å². The molecule has 1 aliphatic rings. The van der Waals surface area contributed by atoms with Crippen molar-refractivity contribution in [3.63, 3.8) is 0 Å². The molecule has 0 bridgehead atoms. The summed E-state index contributed by atoms with van der Waals surface area (Å²) in [6.07, 6.45) is 6.99. The quantitative estimate of drug-likeness (QED) is 0.673. The van der Waals surface area contributed by atoms with Gasteiger partial charge in [-0.15, -0.1) is 0 Å². The molecule has 1 saturated heterocycles. The summed E-state index contributed by atoms with van der Waals surface area (Å²) in [7, 11) is 0. The summed E-state index contributed by atoms with van der Waals surface area (Å²) >= 11 is 0. The summed E-state index contributed by atoms with van der Waals surface area (Å²) in [5.74, 6) is 0.844. The van der Waals surface area contributed by atoms with Gasteiger partial charge in [-0.2, -0.15) is 0 Å². The van der Waals surface area contributed by atoms with Gasteiger partial charge in [-0.25, -0.2) is 0 Å². The van der Waals surface area contributed by atoms with Crippen LogP contribution in [0.25, 0.3) is 0 Å². The first-order valence-electron chi connectivity index (χ1n) is 7.19. The molecule has 1 nitrogen and oxygen atoms in total. The van der Waals surface area contributed by atoms with Crippen LogP contribution in [0.15, 0.2) is 0 Å². The Morgan fingerprint density at radius 1 is 1.31 bits per heavy atom. The van der Waals surface area contributed by atoms with E-state index in [2.05, 4.69) is 39.5 Å². The Kier molecular flexibility index (Phi) is 5.30. The molecule has 1 heterocycles. The third-order valence-corrected chi connectivity index (χ3v) is 4.42. The van der Waals surface area contributed by atoms with Crippen molar-refractivity contribution in [2.45, 2.75) is 72.8 Å². The van der Waals surface area contributed by atoms with Gasteiger partial charge in [-0.05, 0) is 56.5 Å². The van der Waals surface area contributed by atoms with E-state index in [1.54, 1.807) is 0 Å². The Balaban J connectivity index is 2.31. The zero-order valence-corrected chi connectivity index (χ0v) is 12.1. The molecule has 1 heteroatoms. The monoisotopic (exact) mass is 225 g/mol. The van der Waals surface area contributed by atoms with Crippen LogP contribution in [0.5, 0.6) is 0 Å². The molecule has 96 valence electrons. The molecule has 0 saturated carbocycles. The SMILES string of the molecule is CCCN1CCCC1CCC(C)C(C)(C)C. The average molecular weight is 225 g/mol. The van der Waals surface area contributed by atoms with Gasteiger partial charge in [-0.3, -0.25) is 0 Å². The number of hydrogen-bond donors (Lipinski definition) is 0. The Morgan fingerprint density at radius 3 is 2.56 bits per heavy atom. The van der Waals surface area contributed by atoms with Crippen LogP contribution in [-0.2, 0) is 0 Å². The van der Waals surface area contributed by atoms with Gasteiger partial charge in [0, 0.05) is 6.04 Å². The number of rotatable bonds is 5. The van der Waals surface area contributed by atoms with Gasteiger partial charge in [0.2, 0.25) is 0 Å². The van der Waals surface area contributed by atoms with Crippen molar-refractivity contribution in [3.8, 4) is 0 Å². The highest BCUT2D eigenvalue weighted by molar-refractivity contribution is 4.80. The van der Waals surface area contributed by atoms with Gasteiger partial charge in [0.1, 0.15) is 0 Å². The molecule has 0 radical (unpaired) electrons. The van der Waals surface area contributed by atoms with Crippen LogP contribution < -0.4 is 0 Å². The smallest absolute Gasteiger partial charge is 0.00958 e. The van der Waals surface area contributed by atoms with E-state index in [0.717, 1.165) is 12.0 Å². The topological polar surface area (TPSA) is 3.24 Å². The Bertz CT molecular complexity index is 192. The first kappa shape index (κ1) is 14.0. The normalized spacial score (nSPS) is 24.9. The van der Waals surface area contributed by atoms with Crippen molar-refractivity contribution in [2.75, 3.05) is 13.1 Å². The molecule has 16 heavy (non-hydrogen) atoms. The lowest BCUT2D eigenvalue weighted by Gasteiger charge is -2.30. The molecule has 1 fully saturated rings. The third-order valence-electron chi connectivity index (χ3n) is 4.42. The summed E-state index contributed by atoms with van der Waals surface area (Å²) in [6.45, 7) is 14.5. The molecular formula is C15H31N. The van der Waals surface area contributed by atoms with Gasteiger partial charge in [0.05, 0.1) is 0 Å². The molecule has 1 rings (SSSR count). The number of hydrogen-bond acceptors (Lipinski definition) is 1. The average Bonchev–Trinajstić information content (AvgIpc) is 2.61. The first-order chi connectivity index (χ1) is 7.45. The third kappa shape index (κ3) is 4.08. The van der Waals surface area contributed by atoms with Crippen LogP contribution in [-0.4, -0.2) is 24.0 Å². The maximum atomic E-state index is 2.72. The molecule has 2 unspecified atom stereocenters. The van der Waals surface area contributed by atoms with Crippen LogP contribution in [0.1, 0.15) is 66.7 Å². The lowest BCUT2D eigenvalue weighted by Crippen LogP contribution is -2.31. The summed E-state index contributed by atoms with van der Waals surface area (Å²) in [6, 6.07) is 0.893. The van der Waals surface area contributed by atoms with E-state index in [9.17, 15) is 0 Å². The molecule has 0 amide bonds. The zero-order valence-electron chi connectivity index (χ0n) is 12.1. The van der Waals surface area contributed by atoms with Crippen LogP contribution in [0, 0.1) is 11.3 Å². The maximum absolute atomic E-state index is 2.72. The highest BCUT2D eigenvalue weighted by atomic mass is 15.2. The van der Waals surface area contributed by atoms with Crippen molar-refractivity contribution in [1.82, 2.24) is 4.90 Å². The lowest BCUT2D eigenvalue weighted by atomic mass is 9.79. The second kappa shape index (κ2) is 6.05. The van der Waals surface area contributed by atoms with E-state index >= 15 is 0 Å². The van der Waals surface area contributed by atoms with E-state index in [0.29, 0.717) is 5.41 Å². The Labute approximate surface area is 103 Å². The van der Waals surface area contributed by atoms with Gasteiger partial charge < -0.3 is 4.90 Å². The fraction of sp³-hybridized carbons (Fsp3) is 1.00. The van der Waals surface area contributed by atoms with Crippen molar-refractivity contribution >= 4 is 0 Å². The Hall–Kier alpha value is -0.0400. The number of nitrogens with zero attached hydrogens (tertiary/aromatic N) is 1. The van der Waals surface area contributed by atoms with E-state index in [-0.39, 0.29) is 0 Å². The molecule has 0 N–H and O–H groups in total. The molecular weight excluding hydrogens is 194 g/mol. The molecule has 0 aromatic heterocycles. The molecule has 0 aromatic carbocycles. The summed E-state index contributed by atoms with van der Waals surface area (Å²) < 4.78 is 0. The van der Waals surface area contributed by atoms with Gasteiger partial charge in [-0.1, -0.05) is 34.6 Å². The Morgan fingerprint density at radius 2 is 2.00 bits per heavy atom. The number of likely N-dealkylation sites (tertiary alicyclic amines) is 1. The highest BCUT2D eigenvalue weighted by Crippen LogP contribution is 2.31. The fourth-order valence-electron chi connectivity index (χ4n) is 2.68. The van der Waals surface area contributed by atoms with E-state index in [1.807, 2.05) is 0 Å². The largest absolute Gasteiger partial charge is 0.300 e. The highest BCUT2D eigenvalue weighted by Gasteiger charge is 2.26. The van der Waals surface area contributed by atoms with Gasteiger partial charge in [0.25, 0.3) is 0 Å². The van der Waals surface area contributed by atoms with E-state index in [1.165, 1.54) is 45.2 Å². The fourth-order valence-corrected chi connectivity index (χ4v) is 2.68. The lowest BCUT2D eigenvalue weighted by molar-refractivity contribution is 0.195. The molecule has 0 aliphatic carbocycles. The van der Waals surface area contributed by atoms with E-state index in [4.69, 9.17) is 0 Å². The first-order valence-corrected chi connectivity index (χ1v) is 7.19. The predicted octanol–water partition coefficient (Wildman–Crippen LogP) is 4.32. The van der Waals surface area contributed by atoms with E-state index < -0.39 is 0 Å². The van der Waals surface area contributed by atoms with Crippen LogP contribution in [0.4, 0.5) is 0 Å². The second-order valence-corrected chi connectivity index (χ2v) is 6.68. The summed E-state index contributed by atoms with van der Waals surface area (Å²) in [4.78, 5) is 2.72. The zero-order chi connectivity index (χ0) is 12.2. The van der Waals surface area contributed by atoms with Crippen LogP contribution >= 0.6 is 0 Å². The summed E-state index contributed by atoms with van der Waals surface area (Å²) in [5, 5.41) is 0. The van der Waals surface area contributed by atoms with Crippen molar-refractivity contribution < 1.29 is 0 Å².